The Labute approximate surface area is 136 Å². The van der Waals surface area contributed by atoms with Gasteiger partial charge in [-0.25, -0.2) is 0 Å². The summed E-state index contributed by atoms with van der Waals surface area (Å²) in [5.74, 6) is 1.13. The van der Waals surface area contributed by atoms with Crippen LogP contribution in [0.4, 0.5) is 0 Å². The van der Waals surface area contributed by atoms with E-state index in [4.69, 9.17) is 4.74 Å². The van der Waals surface area contributed by atoms with Crippen LogP contribution < -0.4 is 4.74 Å². The maximum absolute atomic E-state index is 12.2. The van der Waals surface area contributed by atoms with Crippen molar-refractivity contribution in [2.75, 3.05) is 13.1 Å². The molecule has 0 unspecified atom stereocenters. The summed E-state index contributed by atoms with van der Waals surface area (Å²) in [4.78, 5) is 14.0. The van der Waals surface area contributed by atoms with Gasteiger partial charge in [0.2, 0.25) is 5.91 Å². The van der Waals surface area contributed by atoms with Crippen LogP contribution in [0.25, 0.3) is 0 Å². The minimum Gasteiger partial charge on any atom is -0.508 e. The molecule has 0 atom stereocenters. The molecule has 4 nitrogen and oxygen atoms in total. The Morgan fingerprint density at radius 3 is 2.65 bits per heavy atom. The smallest absolute Gasteiger partial charge is 0.227 e. The molecule has 23 heavy (non-hydrogen) atoms. The molecule has 1 aliphatic heterocycles. The summed E-state index contributed by atoms with van der Waals surface area (Å²) in [6, 6.07) is 14.9. The predicted molar refractivity (Wildman–Crippen MR) is 88.6 cm³/mol. The first kappa shape index (κ1) is 15.4. The Kier molecular flexibility index (Phi) is 4.51. The van der Waals surface area contributed by atoms with Gasteiger partial charge in [-0.1, -0.05) is 31.2 Å². The molecule has 0 radical (unpaired) electrons. The van der Waals surface area contributed by atoms with Crippen LogP contribution in [0.3, 0.4) is 0 Å². The van der Waals surface area contributed by atoms with E-state index < -0.39 is 0 Å². The SMILES string of the molecule is CCc1cccc(OC2CN(C(=O)Cc3cccc(O)c3)C2)c1. The van der Waals surface area contributed by atoms with Crippen LogP contribution in [0.15, 0.2) is 48.5 Å². The van der Waals surface area contributed by atoms with Crippen molar-refractivity contribution in [3.8, 4) is 11.5 Å². The molecular formula is C19H21NO3. The van der Waals surface area contributed by atoms with E-state index in [1.807, 2.05) is 18.2 Å². The number of phenolic OH excluding ortho intramolecular Hbond substituents is 1. The summed E-state index contributed by atoms with van der Waals surface area (Å²) < 4.78 is 5.91. The number of hydrogen-bond acceptors (Lipinski definition) is 3. The number of hydrogen-bond donors (Lipinski definition) is 1. The lowest BCUT2D eigenvalue weighted by atomic mass is 10.1. The molecule has 1 amide bonds. The molecule has 2 aromatic rings. The molecule has 0 aliphatic carbocycles. The Morgan fingerprint density at radius 1 is 1.17 bits per heavy atom. The van der Waals surface area contributed by atoms with Gasteiger partial charge in [0.1, 0.15) is 17.6 Å². The average molecular weight is 311 g/mol. The molecule has 1 aliphatic rings. The topological polar surface area (TPSA) is 49.8 Å². The second kappa shape index (κ2) is 6.73. The Balaban J connectivity index is 1.49. The van der Waals surface area contributed by atoms with Gasteiger partial charge in [-0.3, -0.25) is 4.79 Å². The molecule has 4 heteroatoms. The number of carbonyl (C=O) groups is 1. The fraction of sp³-hybridized carbons (Fsp3) is 0.316. The minimum atomic E-state index is 0.0650. The fourth-order valence-electron chi connectivity index (χ4n) is 2.70. The maximum atomic E-state index is 12.2. The van der Waals surface area contributed by atoms with Crippen molar-refractivity contribution in [2.24, 2.45) is 0 Å². The Hall–Kier alpha value is -2.49. The third-order valence-electron chi connectivity index (χ3n) is 4.08. The molecular weight excluding hydrogens is 290 g/mol. The summed E-state index contributed by atoms with van der Waals surface area (Å²) in [5.41, 5.74) is 2.08. The number of amides is 1. The standard InChI is InChI=1S/C19H21NO3/c1-2-14-5-4-8-17(10-14)23-18-12-20(13-18)19(22)11-15-6-3-7-16(21)9-15/h3-10,18,21H,2,11-13H2,1H3. The maximum Gasteiger partial charge on any atom is 0.227 e. The highest BCUT2D eigenvalue weighted by atomic mass is 16.5. The van der Waals surface area contributed by atoms with E-state index in [1.165, 1.54) is 5.56 Å². The molecule has 0 spiro atoms. The second-order valence-corrected chi connectivity index (χ2v) is 5.89. The normalized spacial score (nSPS) is 14.4. The number of benzene rings is 2. The third-order valence-corrected chi connectivity index (χ3v) is 4.08. The molecule has 1 fully saturated rings. The predicted octanol–water partition coefficient (Wildman–Crippen LogP) is 2.79. The van der Waals surface area contributed by atoms with Crippen LogP contribution in [0.2, 0.25) is 0 Å². The van der Waals surface area contributed by atoms with Crippen LogP contribution >= 0.6 is 0 Å². The van der Waals surface area contributed by atoms with Crippen molar-refractivity contribution in [2.45, 2.75) is 25.9 Å². The highest BCUT2D eigenvalue weighted by Gasteiger charge is 2.32. The van der Waals surface area contributed by atoms with Gasteiger partial charge < -0.3 is 14.7 Å². The van der Waals surface area contributed by atoms with Crippen LogP contribution in [0, 0.1) is 0 Å². The number of aryl methyl sites for hydroxylation is 1. The second-order valence-electron chi connectivity index (χ2n) is 5.89. The van der Waals surface area contributed by atoms with Gasteiger partial charge in [0.15, 0.2) is 0 Å². The first-order chi connectivity index (χ1) is 11.1. The quantitative estimate of drug-likeness (QED) is 0.924. The molecule has 0 bridgehead atoms. The van der Waals surface area contributed by atoms with Gasteiger partial charge in [-0.05, 0) is 41.8 Å². The van der Waals surface area contributed by atoms with E-state index in [9.17, 15) is 9.90 Å². The molecule has 1 heterocycles. The van der Waals surface area contributed by atoms with Crippen LogP contribution in [-0.4, -0.2) is 35.1 Å². The number of phenols is 1. The van der Waals surface area contributed by atoms with E-state index in [-0.39, 0.29) is 17.8 Å². The molecule has 0 saturated carbocycles. The first-order valence-electron chi connectivity index (χ1n) is 7.95. The van der Waals surface area contributed by atoms with E-state index in [1.54, 1.807) is 23.1 Å². The number of ether oxygens (including phenoxy) is 1. The monoisotopic (exact) mass is 311 g/mol. The number of rotatable bonds is 5. The minimum absolute atomic E-state index is 0.0650. The lowest BCUT2D eigenvalue weighted by Crippen LogP contribution is -2.56. The van der Waals surface area contributed by atoms with Gasteiger partial charge in [-0.2, -0.15) is 0 Å². The molecule has 120 valence electrons. The van der Waals surface area contributed by atoms with Gasteiger partial charge in [0.25, 0.3) is 0 Å². The van der Waals surface area contributed by atoms with E-state index in [2.05, 4.69) is 19.1 Å². The van der Waals surface area contributed by atoms with Gasteiger partial charge in [0, 0.05) is 0 Å². The summed E-state index contributed by atoms with van der Waals surface area (Å²) in [6.45, 7) is 3.35. The van der Waals surface area contributed by atoms with E-state index >= 15 is 0 Å². The fourth-order valence-corrected chi connectivity index (χ4v) is 2.70. The zero-order chi connectivity index (χ0) is 16.2. The summed E-state index contributed by atoms with van der Waals surface area (Å²) in [5, 5.41) is 9.44. The van der Waals surface area contributed by atoms with Crippen molar-refractivity contribution >= 4 is 5.91 Å². The Morgan fingerprint density at radius 2 is 1.91 bits per heavy atom. The molecule has 2 aromatic carbocycles. The Bertz CT molecular complexity index is 693. The summed E-state index contributed by atoms with van der Waals surface area (Å²) >= 11 is 0. The molecule has 3 rings (SSSR count). The zero-order valence-electron chi connectivity index (χ0n) is 13.2. The lowest BCUT2D eigenvalue weighted by Gasteiger charge is -2.39. The molecule has 0 aromatic heterocycles. The van der Waals surface area contributed by atoms with Gasteiger partial charge >= 0.3 is 0 Å². The van der Waals surface area contributed by atoms with Crippen molar-refractivity contribution in [1.82, 2.24) is 4.90 Å². The van der Waals surface area contributed by atoms with Crippen molar-refractivity contribution in [3.05, 3.63) is 59.7 Å². The molecule has 1 saturated heterocycles. The average Bonchev–Trinajstić information content (AvgIpc) is 2.50. The van der Waals surface area contributed by atoms with Crippen molar-refractivity contribution in [3.63, 3.8) is 0 Å². The highest BCUT2D eigenvalue weighted by molar-refractivity contribution is 5.79. The highest BCUT2D eigenvalue weighted by Crippen LogP contribution is 2.21. The van der Waals surface area contributed by atoms with E-state index in [0.29, 0.717) is 19.5 Å². The number of nitrogens with zero attached hydrogens (tertiary/aromatic N) is 1. The molecule has 1 N–H and O–H groups in total. The van der Waals surface area contributed by atoms with Crippen LogP contribution in [-0.2, 0) is 17.6 Å². The third kappa shape index (κ3) is 3.83. The summed E-state index contributed by atoms with van der Waals surface area (Å²) in [7, 11) is 0. The number of carbonyl (C=O) groups excluding carboxylic acids is 1. The van der Waals surface area contributed by atoms with Crippen LogP contribution in [0.1, 0.15) is 18.1 Å². The number of likely N-dealkylation sites (tertiary alicyclic amines) is 1. The van der Waals surface area contributed by atoms with Gasteiger partial charge in [0.05, 0.1) is 19.5 Å². The first-order valence-corrected chi connectivity index (χ1v) is 7.95. The largest absolute Gasteiger partial charge is 0.508 e. The van der Waals surface area contributed by atoms with Crippen molar-refractivity contribution < 1.29 is 14.6 Å². The lowest BCUT2D eigenvalue weighted by molar-refractivity contribution is -0.139. The zero-order valence-corrected chi connectivity index (χ0v) is 13.2. The number of aromatic hydroxyl groups is 1. The van der Waals surface area contributed by atoms with Crippen LogP contribution in [0.5, 0.6) is 11.5 Å². The van der Waals surface area contributed by atoms with Crippen molar-refractivity contribution in [1.29, 1.82) is 0 Å². The van der Waals surface area contributed by atoms with E-state index in [0.717, 1.165) is 17.7 Å². The summed E-state index contributed by atoms with van der Waals surface area (Å²) in [6.07, 6.45) is 1.36. The van der Waals surface area contributed by atoms with Gasteiger partial charge in [-0.15, -0.1) is 0 Å².